The maximum absolute atomic E-state index is 11.6. The molecular weight excluding hydrogens is 543 g/mol. The van der Waals surface area contributed by atoms with Gasteiger partial charge in [-0.2, -0.15) is 0 Å². The van der Waals surface area contributed by atoms with Crippen LogP contribution in [0.4, 0.5) is 0 Å². The Morgan fingerprint density at radius 1 is 1.23 bits per heavy atom. The van der Waals surface area contributed by atoms with Gasteiger partial charge in [0.15, 0.2) is 15.8 Å². The maximum atomic E-state index is 11.6. The number of nitrogens with zero attached hydrogens (tertiary/aromatic N) is 2. The average molecular weight is 577 g/mol. The molecule has 0 bridgehead atoms. The van der Waals surface area contributed by atoms with Crippen LogP contribution in [0.25, 0.3) is 0 Å². The van der Waals surface area contributed by atoms with Crippen molar-refractivity contribution in [3.8, 4) is 0 Å². The lowest BCUT2D eigenvalue weighted by molar-refractivity contribution is 0.125. The van der Waals surface area contributed by atoms with Gasteiger partial charge >= 0.3 is 0 Å². The molecule has 0 radical (unpaired) electrons. The van der Waals surface area contributed by atoms with Gasteiger partial charge in [-0.25, -0.2) is 13.4 Å². The minimum absolute atomic E-state index is 0. The van der Waals surface area contributed by atoms with Gasteiger partial charge in [0.2, 0.25) is 0 Å². The third kappa shape index (κ3) is 7.44. The molecule has 31 heavy (non-hydrogen) atoms. The smallest absolute Gasteiger partial charge is 0.191 e. The highest BCUT2D eigenvalue weighted by Crippen LogP contribution is 2.36. The van der Waals surface area contributed by atoms with E-state index in [2.05, 4.69) is 47.0 Å². The molecule has 1 aliphatic heterocycles. The fourth-order valence-electron chi connectivity index (χ4n) is 3.96. The number of benzene rings is 1. The van der Waals surface area contributed by atoms with E-state index in [1.54, 1.807) is 12.1 Å². The monoisotopic (exact) mass is 576 g/mol. The van der Waals surface area contributed by atoms with Crippen molar-refractivity contribution in [2.24, 2.45) is 10.9 Å². The summed E-state index contributed by atoms with van der Waals surface area (Å²) in [6, 6.07) is 11.8. The lowest BCUT2D eigenvalue weighted by Gasteiger charge is -2.39. The molecule has 2 atom stereocenters. The number of aliphatic imine (C=N–C) groups is 1. The van der Waals surface area contributed by atoms with Crippen molar-refractivity contribution < 1.29 is 8.42 Å². The summed E-state index contributed by atoms with van der Waals surface area (Å²) in [6.45, 7) is 5.35. The fraction of sp³-hybridized carbons (Fsp3) is 0.500. The van der Waals surface area contributed by atoms with E-state index >= 15 is 0 Å². The highest BCUT2D eigenvalue weighted by molar-refractivity contribution is 14.0. The van der Waals surface area contributed by atoms with Crippen LogP contribution in [0.2, 0.25) is 0 Å². The van der Waals surface area contributed by atoms with E-state index in [-0.39, 0.29) is 24.0 Å². The second kappa shape index (κ2) is 12.2. The van der Waals surface area contributed by atoms with Gasteiger partial charge in [-0.15, -0.1) is 35.3 Å². The number of thiophene rings is 1. The molecule has 1 aliphatic rings. The molecule has 1 fully saturated rings. The first-order valence-corrected chi connectivity index (χ1v) is 13.2. The zero-order valence-electron chi connectivity index (χ0n) is 18.4. The van der Waals surface area contributed by atoms with Crippen LogP contribution in [0.15, 0.2) is 51.7 Å². The number of guanidine groups is 1. The van der Waals surface area contributed by atoms with Crippen LogP contribution >= 0.6 is 35.3 Å². The minimum Gasteiger partial charge on any atom is -0.357 e. The molecule has 2 unspecified atom stereocenters. The van der Waals surface area contributed by atoms with Crippen molar-refractivity contribution in [3.63, 3.8) is 0 Å². The number of nitrogens with one attached hydrogen (secondary N) is 2. The molecule has 0 spiro atoms. The van der Waals surface area contributed by atoms with E-state index in [9.17, 15) is 8.42 Å². The van der Waals surface area contributed by atoms with Crippen LogP contribution in [-0.4, -0.2) is 52.2 Å². The SMILES string of the molecule is CCNC(=NCc1ccc(S(C)(=O)=O)cc1)NCC1CCCN(C)C1c1cccs1.I. The lowest BCUT2D eigenvalue weighted by atomic mass is 9.88. The van der Waals surface area contributed by atoms with E-state index < -0.39 is 9.84 Å². The van der Waals surface area contributed by atoms with Crippen molar-refractivity contribution in [1.82, 2.24) is 15.5 Å². The third-order valence-electron chi connectivity index (χ3n) is 5.49. The summed E-state index contributed by atoms with van der Waals surface area (Å²) in [4.78, 5) is 8.93. The van der Waals surface area contributed by atoms with Gasteiger partial charge < -0.3 is 10.6 Å². The molecule has 1 saturated heterocycles. The number of rotatable bonds is 7. The molecule has 1 aromatic heterocycles. The highest BCUT2D eigenvalue weighted by atomic mass is 127. The summed E-state index contributed by atoms with van der Waals surface area (Å²) in [7, 11) is -0.954. The van der Waals surface area contributed by atoms with Crippen molar-refractivity contribution in [2.75, 3.05) is 32.9 Å². The van der Waals surface area contributed by atoms with Gasteiger partial charge in [-0.05, 0) is 68.4 Å². The first kappa shape index (κ1) is 26.1. The summed E-state index contributed by atoms with van der Waals surface area (Å²) in [6.07, 6.45) is 3.64. The van der Waals surface area contributed by atoms with Gasteiger partial charge in [-0.1, -0.05) is 18.2 Å². The molecule has 2 heterocycles. The van der Waals surface area contributed by atoms with Crippen molar-refractivity contribution in [3.05, 3.63) is 52.2 Å². The maximum Gasteiger partial charge on any atom is 0.191 e. The molecule has 0 amide bonds. The zero-order chi connectivity index (χ0) is 21.6. The lowest BCUT2D eigenvalue weighted by Crippen LogP contribution is -2.44. The number of hydrogen-bond acceptors (Lipinski definition) is 5. The predicted molar refractivity (Wildman–Crippen MR) is 140 cm³/mol. The molecule has 2 N–H and O–H groups in total. The molecule has 1 aromatic carbocycles. The van der Waals surface area contributed by atoms with Crippen LogP contribution < -0.4 is 10.6 Å². The molecule has 172 valence electrons. The average Bonchev–Trinajstić information content (AvgIpc) is 3.24. The summed E-state index contributed by atoms with van der Waals surface area (Å²) in [5.74, 6) is 1.32. The molecular formula is C22H33IN4O2S2. The van der Waals surface area contributed by atoms with E-state index in [1.807, 2.05) is 23.5 Å². The van der Waals surface area contributed by atoms with Crippen molar-refractivity contribution in [1.29, 1.82) is 0 Å². The molecule has 6 nitrogen and oxygen atoms in total. The summed E-state index contributed by atoms with van der Waals surface area (Å²) < 4.78 is 23.2. The number of halogens is 1. The second-order valence-corrected chi connectivity index (χ2v) is 10.8. The minimum atomic E-state index is -3.17. The van der Waals surface area contributed by atoms with Crippen molar-refractivity contribution in [2.45, 2.75) is 37.2 Å². The van der Waals surface area contributed by atoms with Gasteiger partial charge in [0.25, 0.3) is 0 Å². The Morgan fingerprint density at radius 3 is 2.58 bits per heavy atom. The Labute approximate surface area is 207 Å². The number of sulfone groups is 1. The first-order valence-electron chi connectivity index (χ1n) is 10.4. The second-order valence-electron chi connectivity index (χ2n) is 7.84. The quantitative estimate of drug-likeness (QED) is 0.297. The topological polar surface area (TPSA) is 73.8 Å². The summed E-state index contributed by atoms with van der Waals surface area (Å²) >= 11 is 1.83. The molecule has 0 aliphatic carbocycles. The van der Waals surface area contributed by atoms with Gasteiger partial charge in [0.05, 0.1) is 11.4 Å². The van der Waals surface area contributed by atoms with E-state index in [0.717, 1.165) is 31.2 Å². The molecule has 3 rings (SSSR count). The van der Waals surface area contributed by atoms with Gasteiger partial charge in [0.1, 0.15) is 0 Å². The molecule has 2 aromatic rings. The van der Waals surface area contributed by atoms with Crippen LogP contribution in [0, 0.1) is 5.92 Å². The number of likely N-dealkylation sites (tertiary alicyclic amines) is 1. The normalized spacial score (nSPS) is 20.2. The van der Waals surface area contributed by atoms with Crippen LogP contribution in [0.1, 0.15) is 36.2 Å². The number of piperidine rings is 1. The fourth-order valence-corrected chi connectivity index (χ4v) is 5.58. The Balaban J connectivity index is 0.00000341. The summed E-state index contributed by atoms with van der Waals surface area (Å²) in [5, 5.41) is 9.01. The van der Waals surface area contributed by atoms with E-state index in [4.69, 9.17) is 4.99 Å². The largest absolute Gasteiger partial charge is 0.357 e. The Hall–Kier alpha value is -1.17. The molecule has 0 saturated carbocycles. The Morgan fingerprint density at radius 2 is 1.97 bits per heavy atom. The Bertz CT molecular complexity index is 931. The first-order chi connectivity index (χ1) is 14.4. The van der Waals surface area contributed by atoms with E-state index in [0.29, 0.717) is 23.4 Å². The van der Waals surface area contributed by atoms with Crippen LogP contribution in [0.5, 0.6) is 0 Å². The van der Waals surface area contributed by atoms with Gasteiger partial charge in [-0.3, -0.25) is 4.90 Å². The van der Waals surface area contributed by atoms with Crippen LogP contribution in [0.3, 0.4) is 0 Å². The predicted octanol–water partition coefficient (Wildman–Crippen LogP) is 3.91. The van der Waals surface area contributed by atoms with E-state index in [1.165, 1.54) is 24.0 Å². The molecule has 9 heteroatoms. The van der Waals surface area contributed by atoms with Gasteiger partial charge in [0, 0.05) is 30.3 Å². The summed E-state index contributed by atoms with van der Waals surface area (Å²) in [5.41, 5.74) is 0.980. The van der Waals surface area contributed by atoms with Crippen molar-refractivity contribution >= 4 is 51.1 Å². The standard InChI is InChI=1S/C22H32N4O2S2.HI/c1-4-23-22(24-15-17-9-11-19(12-10-17)30(3,27)28)25-16-18-7-5-13-26(2)21(18)20-8-6-14-29-20;/h6,8-12,14,18,21H,4-5,7,13,15-16H2,1-3H3,(H2,23,24,25);1H. The highest BCUT2D eigenvalue weighted by Gasteiger charge is 2.31. The van der Waals surface area contributed by atoms with Crippen LogP contribution in [-0.2, 0) is 16.4 Å². The third-order valence-corrected chi connectivity index (χ3v) is 7.56. The number of hydrogen-bond donors (Lipinski definition) is 2. The zero-order valence-corrected chi connectivity index (χ0v) is 22.3. The Kier molecular flexibility index (Phi) is 10.2.